The summed E-state index contributed by atoms with van der Waals surface area (Å²) in [6.07, 6.45) is 2.81. The van der Waals surface area contributed by atoms with Gasteiger partial charge in [0, 0.05) is 26.1 Å². The van der Waals surface area contributed by atoms with Gasteiger partial charge in [0.05, 0.1) is 12.0 Å². The second-order valence-electron chi connectivity index (χ2n) is 7.83. The number of nitrogens with one attached hydrogen (secondary N) is 1. The molecule has 0 bridgehead atoms. The zero-order valence-corrected chi connectivity index (χ0v) is 18.5. The van der Waals surface area contributed by atoms with Crippen molar-refractivity contribution in [3.05, 3.63) is 59.7 Å². The van der Waals surface area contributed by atoms with E-state index in [1.54, 1.807) is 23.5 Å². The van der Waals surface area contributed by atoms with Gasteiger partial charge in [0.2, 0.25) is 15.9 Å². The fourth-order valence-corrected chi connectivity index (χ4v) is 5.17. The van der Waals surface area contributed by atoms with Gasteiger partial charge >= 0.3 is 0 Å². The van der Waals surface area contributed by atoms with Gasteiger partial charge < -0.3 is 10.1 Å². The summed E-state index contributed by atoms with van der Waals surface area (Å²) in [5, 5.41) is 2.95. The van der Waals surface area contributed by atoms with Crippen LogP contribution in [0, 0.1) is 12.8 Å². The zero-order chi connectivity index (χ0) is 21.6. The zero-order valence-electron chi connectivity index (χ0n) is 17.6. The number of aryl methyl sites for hydroxylation is 1. The van der Waals surface area contributed by atoms with Crippen molar-refractivity contribution in [1.82, 2.24) is 9.62 Å². The average molecular weight is 431 g/mol. The molecule has 1 aliphatic rings. The molecule has 0 radical (unpaired) electrons. The highest BCUT2D eigenvalue weighted by Crippen LogP contribution is 2.26. The molecule has 1 aliphatic heterocycles. The summed E-state index contributed by atoms with van der Waals surface area (Å²) in [6.45, 7) is 3.43. The predicted octanol–water partition coefficient (Wildman–Crippen LogP) is 3.50. The summed E-state index contributed by atoms with van der Waals surface area (Å²) in [7, 11) is -1.81. The molecule has 1 amide bonds. The second-order valence-corrected chi connectivity index (χ2v) is 9.77. The number of sulfonamides is 1. The normalized spacial score (nSPS) is 15.7. The van der Waals surface area contributed by atoms with E-state index in [2.05, 4.69) is 5.32 Å². The van der Waals surface area contributed by atoms with E-state index in [-0.39, 0.29) is 5.91 Å². The van der Waals surface area contributed by atoms with Gasteiger partial charge in [0.15, 0.2) is 0 Å². The summed E-state index contributed by atoms with van der Waals surface area (Å²) in [4.78, 5) is 12.6. The lowest BCUT2D eigenvalue weighted by molar-refractivity contribution is -0.121. The number of nitrogens with zero attached hydrogens (tertiary/aromatic N) is 1. The number of methoxy groups -OCH3 is 1. The molecule has 1 saturated heterocycles. The van der Waals surface area contributed by atoms with Crippen LogP contribution < -0.4 is 10.1 Å². The molecule has 0 aliphatic carbocycles. The molecular weight excluding hydrogens is 400 g/mol. The third-order valence-corrected chi connectivity index (χ3v) is 7.55. The lowest BCUT2D eigenvalue weighted by atomic mass is 9.93. The van der Waals surface area contributed by atoms with Crippen LogP contribution in [0.1, 0.15) is 36.8 Å². The van der Waals surface area contributed by atoms with Gasteiger partial charge in [-0.05, 0) is 61.9 Å². The van der Waals surface area contributed by atoms with Crippen LogP contribution in [0.4, 0.5) is 0 Å². The molecule has 162 valence electrons. The Hall–Kier alpha value is -2.38. The molecule has 2 aromatic rings. The number of hydrogen-bond donors (Lipinski definition) is 1. The third-order valence-electron chi connectivity index (χ3n) is 5.64. The standard InChI is InChI=1S/C23H30N2O4S/c1-18-6-9-22(10-7-18)30(27,28)25-14-12-19(13-15-25)8-11-23(26)24-17-20-4-3-5-21(16-20)29-2/h3-7,9-10,16,19H,8,11-15,17H2,1-2H3,(H,24,26). The molecule has 3 rings (SSSR count). The van der Waals surface area contributed by atoms with Crippen molar-refractivity contribution in [3.8, 4) is 5.75 Å². The number of hydrogen-bond acceptors (Lipinski definition) is 4. The van der Waals surface area contributed by atoms with Crippen LogP contribution in [0.5, 0.6) is 5.75 Å². The Kier molecular flexibility index (Phi) is 7.50. The molecule has 0 aromatic heterocycles. The lowest BCUT2D eigenvalue weighted by Crippen LogP contribution is -2.38. The molecule has 7 heteroatoms. The third kappa shape index (κ3) is 5.83. The Morgan fingerprint density at radius 3 is 2.50 bits per heavy atom. The summed E-state index contributed by atoms with van der Waals surface area (Å²) in [6, 6.07) is 14.6. The Bertz CT molecular complexity index is 949. The van der Waals surface area contributed by atoms with Crippen LogP contribution in [-0.2, 0) is 21.4 Å². The van der Waals surface area contributed by atoms with Gasteiger partial charge in [-0.25, -0.2) is 8.42 Å². The highest BCUT2D eigenvalue weighted by Gasteiger charge is 2.29. The van der Waals surface area contributed by atoms with E-state index in [9.17, 15) is 13.2 Å². The van der Waals surface area contributed by atoms with Crippen molar-refractivity contribution in [3.63, 3.8) is 0 Å². The van der Waals surface area contributed by atoms with Gasteiger partial charge in [-0.3, -0.25) is 4.79 Å². The highest BCUT2D eigenvalue weighted by molar-refractivity contribution is 7.89. The van der Waals surface area contributed by atoms with E-state index in [0.29, 0.717) is 36.9 Å². The molecular formula is C23H30N2O4S. The first kappa shape index (κ1) is 22.3. The number of rotatable bonds is 8. The molecule has 1 fully saturated rings. The van der Waals surface area contributed by atoms with E-state index in [1.165, 1.54) is 0 Å². The summed E-state index contributed by atoms with van der Waals surface area (Å²) < 4.78 is 32.3. The molecule has 30 heavy (non-hydrogen) atoms. The minimum Gasteiger partial charge on any atom is -0.497 e. The van der Waals surface area contributed by atoms with Gasteiger partial charge in [0.25, 0.3) is 0 Å². The number of amides is 1. The summed E-state index contributed by atoms with van der Waals surface area (Å²) in [5.74, 6) is 1.17. The van der Waals surface area contributed by atoms with E-state index < -0.39 is 10.0 Å². The van der Waals surface area contributed by atoms with E-state index in [1.807, 2.05) is 43.3 Å². The molecule has 6 nitrogen and oxygen atoms in total. The second kappa shape index (κ2) is 10.1. The van der Waals surface area contributed by atoms with Gasteiger partial charge in [-0.2, -0.15) is 4.31 Å². The first-order valence-electron chi connectivity index (χ1n) is 10.3. The van der Waals surface area contributed by atoms with Gasteiger partial charge in [0.1, 0.15) is 5.75 Å². The first-order valence-corrected chi connectivity index (χ1v) is 11.8. The largest absolute Gasteiger partial charge is 0.497 e. The van der Waals surface area contributed by atoms with Gasteiger partial charge in [-0.1, -0.05) is 29.8 Å². The molecule has 0 saturated carbocycles. The summed E-state index contributed by atoms with van der Waals surface area (Å²) >= 11 is 0. The first-order chi connectivity index (χ1) is 14.4. The fourth-order valence-electron chi connectivity index (χ4n) is 3.70. The van der Waals surface area contributed by atoms with Crippen LogP contribution in [0.3, 0.4) is 0 Å². The smallest absolute Gasteiger partial charge is 0.243 e. The molecule has 1 heterocycles. The Morgan fingerprint density at radius 1 is 1.13 bits per heavy atom. The van der Waals surface area contributed by atoms with Gasteiger partial charge in [-0.15, -0.1) is 0 Å². The number of ether oxygens (including phenoxy) is 1. The molecule has 2 aromatic carbocycles. The number of piperidine rings is 1. The number of carbonyl (C=O) groups excluding carboxylic acids is 1. The SMILES string of the molecule is COc1cccc(CNC(=O)CCC2CCN(S(=O)(=O)c3ccc(C)cc3)CC2)c1. The van der Waals surface area contributed by atoms with Crippen molar-refractivity contribution >= 4 is 15.9 Å². The highest BCUT2D eigenvalue weighted by atomic mass is 32.2. The topological polar surface area (TPSA) is 75.7 Å². The van der Waals surface area contributed by atoms with E-state index >= 15 is 0 Å². The van der Waals surface area contributed by atoms with E-state index in [0.717, 1.165) is 36.1 Å². The average Bonchev–Trinajstić information content (AvgIpc) is 2.77. The van der Waals surface area contributed by atoms with Crippen molar-refractivity contribution in [2.45, 2.75) is 44.0 Å². The Labute approximate surface area is 179 Å². The summed E-state index contributed by atoms with van der Waals surface area (Å²) in [5.41, 5.74) is 2.04. The fraction of sp³-hybridized carbons (Fsp3) is 0.435. The van der Waals surface area contributed by atoms with Crippen LogP contribution in [-0.4, -0.2) is 38.8 Å². The van der Waals surface area contributed by atoms with Crippen molar-refractivity contribution in [1.29, 1.82) is 0 Å². The minimum atomic E-state index is -3.43. The van der Waals surface area contributed by atoms with Crippen molar-refractivity contribution < 1.29 is 17.9 Å². The lowest BCUT2D eigenvalue weighted by Gasteiger charge is -2.31. The number of carbonyl (C=O) groups is 1. The maximum atomic E-state index is 12.8. The predicted molar refractivity (Wildman–Crippen MR) is 117 cm³/mol. The Morgan fingerprint density at radius 2 is 1.83 bits per heavy atom. The van der Waals surface area contributed by atoms with E-state index in [4.69, 9.17) is 4.74 Å². The number of benzene rings is 2. The maximum Gasteiger partial charge on any atom is 0.243 e. The van der Waals surface area contributed by atoms with Crippen LogP contribution in [0.15, 0.2) is 53.4 Å². The maximum absolute atomic E-state index is 12.8. The van der Waals surface area contributed by atoms with Crippen LogP contribution in [0.2, 0.25) is 0 Å². The van der Waals surface area contributed by atoms with Crippen LogP contribution in [0.25, 0.3) is 0 Å². The Balaban J connectivity index is 1.42. The minimum absolute atomic E-state index is 0.0209. The quantitative estimate of drug-likeness (QED) is 0.695. The molecule has 0 spiro atoms. The molecule has 1 N–H and O–H groups in total. The molecule has 0 atom stereocenters. The van der Waals surface area contributed by atoms with Crippen molar-refractivity contribution in [2.75, 3.05) is 20.2 Å². The molecule has 0 unspecified atom stereocenters. The monoisotopic (exact) mass is 430 g/mol. The van der Waals surface area contributed by atoms with Crippen LogP contribution >= 0.6 is 0 Å². The van der Waals surface area contributed by atoms with Crippen molar-refractivity contribution in [2.24, 2.45) is 5.92 Å².